The van der Waals surface area contributed by atoms with Gasteiger partial charge >= 0.3 is 5.97 Å². The Morgan fingerprint density at radius 3 is 2.59 bits per heavy atom. The molecule has 0 aliphatic carbocycles. The summed E-state index contributed by atoms with van der Waals surface area (Å²) in [5.41, 5.74) is 2.33. The first-order valence-electron chi connectivity index (χ1n) is 10.7. The van der Waals surface area contributed by atoms with Gasteiger partial charge in [0.05, 0.1) is 36.8 Å². The summed E-state index contributed by atoms with van der Waals surface area (Å²) in [4.78, 5) is 24.7. The second-order valence-electron chi connectivity index (χ2n) is 7.53. The van der Waals surface area contributed by atoms with Crippen molar-refractivity contribution in [2.45, 2.75) is 25.7 Å². The van der Waals surface area contributed by atoms with Gasteiger partial charge in [-0.15, -0.1) is 0 Å². The Labute approximate surface area is 190 Å². The van der Waals surface area contributed by atoms with Gasteiger partial charge in [-0.05, 0) is 43.5 Å². The van der Waals surface area contributed by atoms with Crippen molar-refractivity contribution in [2.75, 3.05) is 45.4 Å². The Morgan fingerprint density at radius 1 is 1.09 bits per heavy atom. The first-order chi connectivity index (χ1) is 15.6. The number of ether oxygens (including phenoxy) is 3. The highest BCUT2D eigenvalue weighted by molar-refractivity contribution is 7.22. The molecule has 1 aliphatic rings. The van der Waals surface area contributed by atoms with Crippen molar-refractivity contribution in [1.29, 1.82) is 0 Å². The van der Waals surface area contributed by atoms with E-state index < -0.39 is 5.97 Å². The normalized spacial score (nSPS) is 13.9. The number of aromatic nitrogens is 2. The standard InChI is InChI=1S/C23H27N3O5S/c1-29-18-8-7-15(13-19(18)30-2)17-14-16(22(28)31-12-6-11-27)20-21(24-17)25-23(32-20)26-9-4-3-5-10-26/h7-8,13-14,27H,3-6,9-12H2,1-2H3. The molecule has 32 heavy (non-hydrogen) atoms. The molecule has 3 heterocycles. The summed E-state index contributed by atoms with van der Waals surface area (Å²) in [6.45, 7) is 2.04. The molecule has 0 atom stereocenters. The highest BCUT2D eigenvalue weighted by atomic mass is 32.1. The van der Waals surface area contributed by atoms with E-state index in [-0.39, 0.29) is 13.2 Å². The lowest BCUT2D eigenvalue weighted by Gasteiger charge is -2.25. The van der Waals surface area contributed by atoms with Gasteiger partial charge in [-0.2, -0.15) is 4.98 Å². The maximum Gasteiger partial charge on any atom is 0.339 e. The van der Waals surface area contributed by atoms with E-state index >= 15 is 0 Å². The predicted octanol–water partition coefficient (Wildman–Crippen LogP) is 3.91. The van der Waals surface area contributed by atoms with Gasteiger partial charge in [0, 0.05) is 31.7 Å². The molecule has 1 N–H and O–H groups in total. The third-order valence-electron chi connectivity index (χ3n) is 5.41. The highest BCUT2D eigenvalue weighted by Crippen LogP contribution is 2.36. The van der Waals surface area contributed by atoms with Crippen molar-refractivity contribution in [3.8, 4) is 22.8 Å². The van der Waals surface area contributed by atoms with Crippen molar-refractivity contribution in [3.05, 3.63) is 29.8 Å². The Bertz CT molecular complexity index is 1090. The van der Waals surface area contributed by atoms with Crippen LogP contribution < -0.4 is 14.4 Å². The van der Waals surface area contributed by atoms with Crippen LogP contribution in [0.4, 0.5) is 5.13 Å². The summed E-state index contributed by atoms with van der Waals surface area (Å²) in [5, 5.41) is 9.89. The number of pyridine rings is 1. The maximum absolute atomic E-state index is 12.9. The van der Waals surface area contributed by atoms with E-state index in [1.165, 1.54) is 17.8 Å². The molecule has 0 unspecified atom stereocenters. The summed E-state index contributed by atoms with van der Waals surface area (Å²) in [5.74, 6) is 0.745. The van der Waals surface area contributed by atoms with Crippen molar-refractivity contribution in [1.82, 2.24) is 9.97 Å². The minimum atomic E-state index is -0.443. The van der Waals surface area contributed by atoms with Crippen LogP contribution in [0.3, 0.4) is 0 Å². The molecule has 9 heteroatoms. The number of fused-ring (bicyclic) bond motifs is 1. The number of anilines is 1. The molecule has 1 aromatic carbocycles. The number of nitrogens with zero attached hydrogens (tertiary/aromatic N) is 3. The van der Waals surface area contributed by atoms with Crippen molar-refractivity contribution in [3.63, 3.8) is 0 Å². The minimum absolute atomic E-state index is 0.0321. The number of aliphatic hydroxyl groups is 1. The van der Waals surface area contributed by atoms with E-state index in [1.807, 2.05) is 12.1 Å². The first kappa shape index (κ1) is 22.3. The van der Waals surface area contributed by atoms with E-state index in [0.29, 0.717) is 39.5 Å². The van der Waals surface area contributed by atoms with Crippen LogP contribution in [0, 0.1) is 0 Å². The van der Waals surface area contributed by atoms with Gasteiger partial charge in [0.2, 0.25) is 0 Å². The molecule has 3 aromatic rings. The number of benzene rings is 1. The molecule has 2 aromatic heterocycles. The lowest BCUT2D eigenvalue weighted by atomic mass is 10.1. The van der Waals surface area contributed by atoms with Gasteiger partial charge in [0.1, 0.15) is 0 Å². The number of esters is 1. The fraction of sp³-hybridized carbons (Fsp3) is 0.435. The zero-order chi connectivity index (χ0) is 22.5. The molecule has 0 bridgehead atoms. The van der Waals surface area contributed by atoms with Crippen LogP contribution in [0.25, 0.3) is 21.6 Å². The molecule has 0 spiro atoms. The fourth-order valence-electron chi connectivity index (χ4n) is 3.72. The lowest BCUT2D eigenvalue weighted by Crippen LogP contribution is -2.29. The van der Waals surface area contributed by atoms with Crippen molar-refractivity contribution >= 4 is 32.8 Å². The highest BCUT2D eigenvalue weighted by Gasteiger charge is 2.22. The Morgan fingerprint density at radius 2 is 1.88 bits per heavy atom. The quantitative estimate of drug-likeness (QED) is 0.402. The second-order valence-corrected chi connectivity index (χ2v) is 8.51. The molecule has 1 aliphatic heterocycles. The summed E-state index contributed by atoms with van der Waals surface area (Å²) in [6.07, 6.45) is 3.89. The third-order valence-corrected chi connectivity index (χ3v) is 6.55. The van der Waals surface area contributed by atoms with Crippen molar-refractivity contribution in [2.24, 2.45) is 0 Å². The van der Waals surface area contributed by atoms with E-state index in [9.17, 15) is 4.79 Å². The second kappa shape index (κ2) is 10.1. The average molecular weight is 458 g/mol. The number of carbonyl (C=O) groups excluding carboxylic acids is 1. The molecule has 1 fully saturated rings. The number of thiazole rings is 1. The largest absolute Gasteiger partial charge is 0.493 e. The van der Waals surface area contributed by atoms with Crippen LogP contribution in [-0.4, -0.2) is 61.6 Å². The molecule has 4 rings (SSSR count). The van der Waals surface area contributed by atoms with E-state index in [4.69, 9.17) is 29.3 Å². The van der Waals surface area contributed by atoms with Gasteiger partial charge in [-0.25, -0.2) is 9.78 Å². The number of rotatable bonds is 8. The molecule has 0 radical (unpaired) electrons. The van der Waals surface area contributed by atoms with Crippen LogP contribution in [0.5, 0.6) is 11.5 Å². The number of hydrogen-bond donors (Lipinski definition) is 1. The Kier molecular flexibility index (Phi) is 7.06. The molecular formula is C23H27N3O5S. The number of methoxy groups -OCH3 is 2. The SMILES string of the molecule is COc1ccc(-c2cc(C(=O)OCCCO)c3sc(N4CCCCC4)nc3n2)cc1OC. The molecule has 0 saturated carbocycles. The maximum atomic E-state index is 12.9. The van der Waals surface area contributed by atoms with Crippen molar-refractivity contribution < 1.29 is 24.1 Å². The number of aliphatic hydroxyl groups excluding tert-OH is 1. The van der Waals surface area contributed by atoms with Gasteiger partial charge in [-0.3, -0.25) is 0 Å². The van der Waals surface area contributed by atoms with Crippen LogP contribution in [0.15, 0.2) is 24.3 Å². The first-order valence-corrected chi connectivity index (χ1v) is 11.5. The Hall–Kier alpha value is -2.91. The zero-order valence-corrected chi connectivity index (χ0v) is 19.1. The lowest BCUT2D eigenvalue weighted by molar-refractivity contribution is 0.0484. The topological polar surface area (TPSA) is 94.0 Å². The fourth-order valence-corrected chi connectivity index (χ4v) is 4.78. The van der Waals surface area contributed by atoms with Gasteiger partial charge in [0.15, 0.2) is 22.3 Å². The zero-order valence-electron chi connectivity index (χ0n) is 18.3. The summed E-state index contributed by atoms with van der Waals surface area (Å²) < 4.78 is 16.9. The van der Waals surface area contributed by atoms with Gasteiger partial charge in [-0.1, -0.05) is 11.3 Å². The smallest absolute Gasteiger partial charge is 0.339 e. The Balaban J connectivity index is 1.78. The molecular weight excluding hydrogens is 430 g/mol. The summed E-state index contributed by atoms with van der Waals surface area (Å²) in [6, 6.07) is 7.24. The minimum Gasteiger partial charge on any atom is -0.493 e. The third kappa shape index (κ3) is 4.63. The van der Waals surface area contributed by atoms with E-state index in [0.717, 1.165) is 36.6 Å². The van der Waals surface area contributed by atoms with E-state index in [2.05, 4.69) is 4.90 Å². The number of carbonyl (C=O) groups is 1. The summed E-state index contributed by atoms with van der Waals surface area (Å²) >= 11 is 1.47. The van der Waals surface area contributed by atoms with Gasteiger partial charge in [0.25, 0.3) is 0 Å². The van der Waals surface area contributed by atoms with Crippen LogP contribution in [0.2, 0.25) is 0 Å². The van der Waals surface area contributed by atoms with Gasteiger partial charge < -0.3 is 24.2 Å². The number of hydrogen-bond acceptors (Lipinski definition) is 9. The predicted molar refractivity (Wildman–Crippen MR) is 124 cm³/mol. The van der Waals surface area contributed by atoms with Crippen LogP contribution >= 0.6 is 11.3 Å². The monoisotopic (exact) mass is 457 g/mol. The average Bonchev–Trinajstić information content (AvgIpc) is 3.28. The van der Waals surface area contributed by atoms with E-state index in [1.54, 1.807) is 26.4 Å². The van der Waals surface area contributed by atoms with Crippen LogP contribution in [-0.2, 0) is 4.74 Å². The number of piperidine rings is 1. The molecule has 8 nitrogen and oxygen atoms in total. The summed E-state index contributed by atoms with van der Waals surface area (Å²) in [7, 11) is 3.16. The molecule has 1 saturated heterocycles. The molecule has 0 amide bonds. The molecule has 170 valence electrons. The van der Waals surface area contributed by atoms with Crippen LogP contribution in [0.1, 0.15) is 36.0 Å².